The molecule has 2 saturated heterocycles. The molecule has 0 spiro atoms. The molecule has 2 heterocycles. The third kappa shape index (κ3) is 6.34. The second-order valence-electron chi connectivity index (χ2n) is 7.14. The number of halogens is 2. The number of nitrogens with one attached hydrogen (secondary N) is 1. The number of rotatable bonds is 6. The SMILES string of the molecule is CNCC(C)C(=O)N1CCN(CCN2C(C)CCC2C)CC1.Cl.Cl. The fourth-order valence-corrected chi connectivity index (χ4v) is 3.84. The Bertz CT molecular complexity index is 354. The Kier molecular flexibility index (Phi) is 11.5. The number of carbonyl (C=O) groups excluding carboxylic acids is 1. The molecule has 5 nitrogen and oxygen atoms in total. The lowest BCUT2D eigenvalue weighted by molar-refractivity contribution is -0.136. The van der Waals surface area contributed by atoms with Gasteiger partial charge in [0.15, 0.2) is 0 Å². The molecule has 1 N–H and O–H groups in total. The van der Waals surface area contributed by atoms with Gasteiger partial charge in [-0.2, -0.15) is 0 Å². The maximum absolute atomic E-state index is 12.3. The van der Waals surface area contributed by atoms with Crippen LogP contribution in [0.25, 0.3) is 0 Å². The van der Waals surface area contributed by atoms with Gasteiger partial charge in [-0.05, 0) is 33.7 Å². The molecule has 0 bridgehead atoms. The summed E-state index contributed by atoms with van der Waals surface area (Å²) in [6.07, 6.45) is 2.68. The molecule has 3 atom stereocenters. The van der Waals surface area contributed by atoms with E-state index >= 15 is 0 Å². The first-order valence-corrected chi connectivity index (χ1v) is 8.94. The van der Waals surface area contributed by atoms with Crippen LogP contribution in [-0.4, -0.2) is 85.6 Å². The zero-order chi connectivity index (χ0) is 16.1. The van der Waals surface area contributed by atoms with Crippen LogP contribution in [0.4, 0.5) is 0 Å². The summed E-state index contributed by atoms with van der Waals surface area (Å²) in [6.45, 7) is 13.6. The molecule has 144 valence electrons. The molecule has 2 fully saturated rings. The molecule has 0 aromatic rings. The van der Waals surface area contributed by atoms with Crippen LogP contribution >= 0.6 is 24.8 Å². The zero-order valence-electron chi connectivity index (χ0n) is 15.7. The van der Waals surface area contributed by atoms with E-state index in [1.807, 2.05) is 18.9 Å². The zero-order valence-corrected chi connectivity index (χ0v) is 17.3. The van der Waals surface area contributed by atoms with Crippen LogP contribution in [0.15, 0.2) is 0 Å². The number of piperazine rings is 1. The predicted octanol–water partition coefficient (Wildman–Crippen LogP) is 1.70. The molecule has 0 aromatic heterocycles. The number of hydrogen-bond acceptors (Lipinski definition) is 4. The van der Waals surface area contributed by atoms with Gasteiger partial charge in [-0.3, -0.25) is 14.6 Å². The molecule has 3 unspecified atom stereocenters. The third-order valence-corrected chi connectivity index (χ3v) is 5.42. The van der Waals surface area contributed by atoms with E-state index in [0.717, 1.165) is 51.4 Å². The van der Waals surface area contributed by atoms with Crippen molar-refractivity contribution in [3.8, 4) is 0 Å². The van der Waals surface area contributed by atoms with Crippen molar-refractivity contribution in [1.29, 1.82) is 0 Å². The summed E-state index contributed by atoms with van der Waals surface area (Å²) in [5, 5.41) is 3.09. The van der Waals surface area contributed by atoms with Crippen molar-refractivity contribution in [3.63, 3.8) is 0 Å². The van der Waals surface area contributed by atoms with Crippen molar-refractivity contribution in [2.45, 2.75) is 45.7 Å². The predicted molar refractivity (Wildman–Crippen MR) is 105 cm³/mol. The standard InChI is InChI=1S/C17H34N4O.2ClH/c1-14(13-18-4)17(22)20-10-7-19(8-11-20)9-12-21-15(2)5-6-16(21)3;;/h14-16,18H,5-13H2,1-4H3;2*1H. The average Bonchev–Trinajstić information content (AvgIpc) is 2.84. The van der Waals surface area contributed by atoms with Gasteiger partial charge in [-0.15, -0.1) is 24.8 Å². The molecule has 2 aliphatic rings. The van der Waals surface area contributed by atoms with E-state index in [-0.39, 0.29) is 30.7 Å². The van der Waals surface area contributed by atoms with Crippen LogP contribution in [0, 0.1) is 5.92 Å². The van der Waals surface area contributed by atoms with Crippen molar-refractivity contribution in [3.05, 3.63) is 0 Å². The number of hydrogen-bond donors (Lipinski definition) is 1. The maximum atomic E-state index is 12.3. The average molecular weight is 383 g/mol. The molecule has 24 heavy (non-hydrogen) atoms. The monoisotopic (exact) mass is 382 g/mol. The number of nitrogens with zero attached hydrogens (tertiary/aromatic N) is 3. The molecule has 2 aliphatic heterocycles. The van der Waals surface area contributed by atoms with Crippen molar-refractivity contribution < 1.29 is 4.79 Å². The molecule has 1 amide bonds. The first-order chi connectivity index (χ1) is 10.5. The van der Waals surface area contributed by atoms with Gasteiger partial charge in [0, 0.05) is 63.8 Å². The molecule has 2 rings (SSSR count). The van der Waals surface area contributed by atoms with E-state index in [9.17, 15) is 4.79 Å². The van der Waals surface area contributed by atoms with E-state index in [2.05, 4.69) is 29.0 Å². The lowest BCUT2D eigenvalue weighted by atomic mass is 10.1. The molecule has 0 aliphatic carbocycles. The molecule has 0 saturated carbocycles. The quantitative estimate of drug-likeness (QED) is 0.758. The van der Waals surface area contributed by atoms with Crippen LogP contribution in [-0.2, 0) is 4.79 Å². The van der Waals surface area contributed by atoms with Crippen molar-refractivity contribution in [2.24, 2.45) is 5.92 Å². The van der Waals surface area contributed by atoms with Crippen LogP contribution in [0.3, 0.4) is 0 Å². The largest absolute Gasteiger partial charge is 0.340 e. The van der Waals surface area contributed by atoms with Gasteiger partial charge in [-0.25, -0.2) is 0 Å². The van der Waals surface area contributed by atoms with Crippen LogP contribution < -0.4 is 5.32 Å². The van der Waals surface area contributed by atoms with Crippen LogP contribution in [0.1, 0.15) is 33.6 Å². The molecule has 0 aromatic carbocycles. The third-order valence-electron chi connectivity index (χ3n) is 5.42. The van der Waals surface area contributed by atoms with Gasteiger partial charge in [-0.1, -0.05) is 6.92 Å². The highest BCUT2D eigenvalue weighted by Crippen LogP contribution is 2.22. The highest BCUT2D eigenvalue weighted by atomic mass is 35.5. The Balaban J connectivity index is 0.00000264. The van der Waals surface area contributed by atoms with Gasteiger partial charge in [0.05, 0.1) is 0 Å². The number of carbonyl (C=O) groups is 1. The van der Waals surface area contributed by atoms with Gasteiger partial charge >= 0.3 is 0 Å². The number of amides is 1. The highest BCUT2D eigenvalue weighted by molar-refractivity contribution is 5.85. The van der Waals surface area contributed by atoms with E-state index in [0.29, 0.717) is 5.91 Å². The highest BCUT2D eigenvalue weighted by Gasteiger charge is 2.28. The van der Waals surface area contributed by atoms with E-state index < -0.39 is 0 Å². The Labute approximate surface area is 160 Å². The van der Waals surface area contributed by atoms with Gasteiger partial charge < -0.3 is 10.2 Å². The Morgan fingerprint density at radius 2 is 1.58 bits per heavy atom. The fourth-order valence-electron chi connectivity index (χ4n) is 3.84. The van der Waals surface area contributed by atoms with Crippen molar-refractivity contribution in [1.82, 2.24) is 20.0 Å². The van der Waals surface area contributed by atoms with E-state index in [4.69, 9.17) is 0 Å². The topological polar surface area (TPSA) is 38.8 Å². The Morgan fingerprint density at radius 3 is 2.08 bits per heavy atom. The lowest BCUT2D eigenvalue weighted by Gasteiger charge is -2.37. The van der Waals surface area contributed by atoms with Gasteiger partial charge in [0.25, 0.3) is 0 Å². The summed E-state index contributed by atoms with van der Waals surface area (Å²) >= 11 is 0. The second-order valence-corrected chi connectivity index (χ2v) is 7.14. The van der Waals surface area contributed by atoms with Crippen molar-refractivity contribution >= 4 is 30.7 Å². The van der Waals surface area contributed by atoms with E-state index in [1.165, 1.54) is 19.4 Å². The Hall–Kier alpha value is -0.0700. The molecular weight excluding hydrogens is 347 g/mol. The van der Waals surface area contributed by atoms with Crippen LogP contribution in [0.5, 0.6) is 0 Å². The summed E-state index contributed by atoms with van der Waals surface area (Å²) in [4.78, 5) is 19.5. The smallest absolute Gasteiger partial charge is 0.226 e. The van der Waals surface area contributed by atoms with E-state index in [1.54, 1.807) is 0 Å². The lowest BCUT2D eigenvalue weighted by Crippen LogP contribution is -2.52. The van der Waals surface area contributed by atoms with Crippen LogP contribution in [0.2, 0.25) is 0 Å². The minimum absolute atomic E-state index is 0. The second kappa shape index (κ2) is 11.5. The summed E-state index contributed by atoms with van der Waals surface area (Å²) in [6, 6.07) is 1.47. The summed E-state index contributed by atoms with van der Waals surface area (Å²) < 4.78 is 0. The normalized spacial score (nSPS) is 26.6. The maximum Gasteiger partial charge on any atom is 0.226 e. The minimum Gasteiger partial charge on any atom is -0.340 e. The first-order valence-electron chi connectivity index (χ1n) is 8.94. The first kappa shape index (κ1) is 23.9. The molecular formula is C17H36Cl2N4O. The Morgan fingerprint density at radius 1 is 1.04 bits per heavy atom. The molecule has 7 heteroatoms. The molecule has 0 radical (unpaired) electrons. The summed E-state index contributed by atoms with van der Waals surface area (Å²) in [7, 11) is 1.90. The fraction of sp³-hybridized carbons (Fsp3) is 0.941. The summed E-state index contributed by atoms with van der Waals surface area (Å²) in [5.41, 5.74) is 0. The van der Waals surface area contributed by atoms with Gasteiger partial charge in [0.2, 0.25) is 5.91 Å². The summed E-state index contributed by atoms with van der Waals surface area (Å²) in [5.74, 6) is 0.388. The van der Waals surface area contributed by atoms with Gasteiger partial charge in [0.1, 0.15) is 0 Å². The number of likely N-dealkylation sites (tertiary alicyclic amines) is 1. The van der Waals surface area contributed by atoms with Crippen molar-refractivity contribution in [2.75, 3.05) is 52.9 Å². The minimum atomic E-state index is 0.